The molecule has 1 heterocycles. The quantitative estimate of drug-likeness (QED) is 0.836. The molecule has 148 valence electrons. The monoisotopic (exact) mass is 401 g/mol. The van der Waals surface area contributed by atoms with Gasteiger partial charge in [0.1, 0.15) is 5.75 Å². The van der Waals surface area contributed by atoms with Gasteiger partial charge in [0.2, 0.25) is 5.91 Å². The summed E-state index contributed by atoms with van der Waals surface area (Å²) in [6.07, 6.45) is 0. The molecular weight excluding hydrogens is 378 g/mol. The Balaban J connectivity index is 1.52. The van der Waals surface area contributed by atoms with Crippen LogP contribution in [0.4, 0.5) is 5.69 Å². The van der Waals surface area contributed by atoms with Crippen molar-refractivity contribution >= 4 is 29.1 Å². The molecule has 28 heavy (non-hydrogen) atoms. The molecule has 1 saturated heterocycles. The standard InChI is InChI=1S/C21H24ClN3O3/c1-15-6-7-19(28-2)18(12-15)23-20(26)14-24-8-10-25(11-9-24)21(27)16-4-3-5-17(22)13-16/h3-7,12-13H,8-11,14H2,1-2H3,(H,23,26). The summed E-state index contributed by atoms with van der Waals surface area (Å²) in [5, 5.41) is 3.46. The van der Waals surface area contributed by atoms with E-state index in [-0.39, 0.29) is 18.4 Å². The number of carbonyl (C=O) groups is 2. The van der Waals surface area contributed by atoms with E-state index in [0.29, 0.717) is 48.2 Å². The van der Waals surface area contributed by atoms with Gasteiger partial charge in [-0.05, 0) is 42.8 Å². The SMILES string of the molecule is COc1ccc(C)cc1NC(=O)CN1CCN(C(=O)c2cccc(Cl)c2)CC1. The largest absolute Gasteiger partial charge is 0.495 e. The van der Waals surface area contributed by atoms with Crippen LogP contribution >= 0.6 is 11.6 Å². The summed E-state index contributed by atoms with van der Waals surface area (Å²) < 4.78 is 5.30. The molecule has 1 fully saturated rings. The molecule has 1 N–H and O–H groups in total. The number of piperazine rings is 1. The van der Waals surface area contributed by atoms with E-state index in [9.17, 15) is 9.59 Å². The van der Waals surface area contributed by atoms with Crippen molar-refractivity contribution in [3.8, 4) is 5.75 Å². The second kappa shape index (κ2) is 9.08. The highest BCUT2D eigenvalue weighted by Crippen LogP contribution is 2.25. The molecular formula is C21H24ClN3O3. The minimum atomic E-state index is -0.0986. The van der Waals surface area contributed by atoms with Crippen molar-refractivity contribution in [1.29, 1.82) is 0 Å². The van der Waals surface area contributed by atoms with Gasteiger partial charge in [-0.15, -0.1) is 0 Å². The van der Waals surface area contributed by atoms with E-state index < -0.39 is 0 Å². The first-order valence-corrected chi connectivity index (χ1v) is 9.56. The zero-order valence-electron chi connectivity index (χ0n) is 16.1. The fourth-order valence-electron chi connectivity index (χ4n) is 3.23. The van der Waals surface area contributed by atoms with Crippen LogP contribution in [-0.4, -0.2) is 61.4 Å². The number of aryl methyl sites for hydroxylation is 1. The van der Waals surface area contributed by atoms with Crippen LogP contribution < -0.4 is 10.1 Å². The second-order valence-electron chi connectivity index (χ2n) is 6.83. The number of nitrogens with zero attached hydrogens (tertiary/aromatic N) is 2. The van der Waals surface area contributed by atoms with Gasteiger partial charge in [-0.1, -0.05) is 23.7 Å². The maximum atomic E-state index is 12.6. The van der Waals surface area contributed by atoms with Crippen molar-refractivity contribution in [2.24, 2.45) is 0 Å². The van der Waals surface area contributed by atoms with Gasteiger partial charge in [0.05, 0.1) is 19.3 Å². The number of hydrogen-bond acceptors (Lipinski definition) is 4. The number of methoxy groups -OCH3 is 1. The average Bonchev–Trinajstić information content (AvgIpc) is 2.68. The number of halogens is 1. The Labute approximate surface area is 170 Å². The number of carbonyl (C=O) groups excluding carboxylic acids is 2. The van der Waals surface area contributed by atoms with Crippen LogP contribution in [0, 0.1) is 6.92 Å². The van der Waals surface area contributed by atoms with Crippen molar-refractivity contribution in [3.63, 3.8) is 0 Å². The maximum absolute atomic E-state index is 12.6. The lowest BCUT2D eigenvalue weighted by atomic mass is 10.2. The molecule has 1 aliphatic rings. The topological polar surface area (TPSA) is 61.9 Å². The van der Waals surface area contributed by atoms with Gasteiger partial charge in [0, 0.05) is 36.8 Å². The van der Waals surface area contributed by atoms with Gasteiger partial charge >= 0.3 is 0 Å². The molecule has 0 spiro atoms. The number of amides is 2. The lowest BCUT2D eigenvalue weighted by molar-refractivity contribution is -0.117. The fraction of sp³-hybridized carbons (Fsp3) is 0.333. The Bertz CT molecular complexity index is 864. The third-order valence-corrected chi connectivity index (χ3v) is 4.96. The summed E-state index contributed by atoms with van der Waals surface area (Å²) in [4.78, 5) is 28.8. The molecule has 0 aromatic heterocycles. The molecule has 1 aliphatic heterocycles. The molecule has 6 nitrogen and oxygen atoms in total. The highest BCUT2D eigenvalue weighted by atomic mass is 35.5. The van der Waals surface area contributed by atoms with E-state index in [1.54, 1.807) is 36.3 Å². The molecule has 0 saturated carbocycles. The number of ether oxygens (including phenoxy) is 1. The van der Waals surface area contributed by atoms with Crippen LogP contribution in [0.5, 0.6) is 5.75 Å². The Hall–Kier alpha value is -2.57. The summed E-state index contributed by atoms with van der Waals surface area (Å²) in [7, 11) is 1.58. The number of hydrogen-bond donors (Lipinski definition) is 1. The third kappa shape index (κ3) is 5.03. The minimum Gasteiger partial charge on any atom is -0.495 e. The lowest BCUT2D eigenvalue weighted by Gasteiger charge is -2.34. The van der Waals surface area contributed by atoms with Gasteiger partial charge in [-0.3, -0.25) is 14.5 Å². The molecule has 2 amide bonds. The summed E-state index contributed by atoms with van der Waals surface area (Å²) in [5.74, 6) is 0.505. The minimum absolute atomic E-state index is 0.0314. The van der Waals surface area contributed by atoms with Crippen LogP contribution in [-0.2, 0) is 4.79 Å². The average molecular weight is 402 g/mol. The Morgan fingerprint density at radius 2 is 1.86 bits per heavy atom. The van der Waals surface area contributed by atoms with Crippen LogP contribution in [0.3, 0.4) is 0 Å². The molecule has 2 aromatic carbocycles. The molecule has 7 heteroatoms. The molecule has 0 radical (unpaired) electrons. The molecule has 3 rings (SSSR count). The van der Waals surface area contributed by atoms with Crippen LogP contribution in [0.15, 0.2) is 42.5 Å². The molecule has 0 unspecified atom stereocenters. The Morgan fingerprint density at radius 1 is 1.11 bits per heavy atom. The van der Waals surface area contributed by atoms with E-state index in [2.05, 4.69) is 5.32 Å². The summed E-state index contributed by atoms with van der Waals surface area (Å²) in [6.45, 7) is 4.68. The maximum Gasteiger partial charge on any atom is 0.253 e. The van der Waals surface area contributed by atoms with E-state index in [4.69, 9.17) is 16.3 Å². The first kappa shape index (κ1) is 20.2. The number of benzene rings is 2. The summed E-state index contributed by atoms with van der Waals surface area (Å²) in [6, 6.07) is 12.6. The number of anilines is 1. The Morgan fingerprint density at radius 3 is 2.54 bits per heavy atom. The highest BCUT2D eigenvalue weighted by Gasteiger charge is 2.23. The van der Waals surface area contributed by atoms with Gasteiger partial charge in [0.15, 0.2) is 0 Å². The van der Waals surface area contributed by atoms with Gasteiger partial charge in [0.25, 0.3) is 5.91 Å². The summed E-state index contributed by atoms with van der Waals surface area (Å²) in [5.41, 5.74) is 2.30. The molecule has 0 aliphatic carbocycles. The van der Waals surface area contributed by atoms with E-state index in [1.165, 1.54) is 0 Å². The predicted octanol–water partition coefficient (Wildman–Crippen LogP) is 3.05. The van der Waals surface area contributed by atoms with E-state index in [0.717, 1.165) is 5.56 Å². The van der Waals surface area contributed by atoms with Crippen LogP contribution in [0.25, 0.3) is 0 Å². The predicted molar refractivity (Wildman–Crippen MR) is 110 cm³/mol. The first-order chi connectivity index (χ1) is 13.5. The molecule has 0 bridgehead atoms. The van der Waals surface area contributed by atoms with Crippen molar-refractivity contribution in [2.75, 3.05) is 45.2 Å². The fourth-order valence-corrected chi connectivity index (χ4v) is 3.42. The zero-order chi connectivity index (χ0) is 20.1. The van der Waals surface area contributed by atoms with Crippen LogP contribution in [0.2, 0.25) is 5.02 Å². The lowest BCUT2D eigenvalue weighted by Crippen LogP contribution is -2.50. The second-order valence-corrected chi connectivity index (χ2v) is 7.27. The van der Waals surface area contributed by atoms with E-state index >= 15 is 0 Å². The molecule has 2 aromatic rings. The summed E-state index contributed by atoms with van der Waals surface area (Å²) >= 11 is 5.97. The first-order valence-electron chi connectivity index (χ1n) is 9.18. The van der Waals surface area contributed by atoms with Crippen molar-refractivity contribution in [3.05, 3.63) is 58.6 Å². The van der Waals surface area contributed by atoms with Crippen molar-refractivity contribution in [2.45, 2.75) is 6.92 Å². The van der Waals surface area contributed by atoms with E-state index in [1.807, 2.05) is 30.0 Å². The smallest absolute Gasteiger partial charge is 0.253 e. The molecule has 0 atom stereocenters. The normalized spacial score (nSPS) is 14.6. The van der Waals surface area contributed by atoms with Gasteiger partial charge in [-0.25, -0.2) is 0 Å². The third-order valence-electron chi connectivity index (χ3n) is 4.73. The van der Waals surface area contributed by atoms with Crippen LogP contribution in [0.1, 0.15) is 15.9 Å². The van der Waals surface area contributed by atoms with Crippen molar-refractivity contribution < 1.29 is 14.3 Å². The highest BCUT2D eigenvalue weighted by molar-refractivity contribution is 6.30. The number of nitrogens with one attached hydrogen (secondary N) is 1. The number of rotatable bonds is 5. The van der Waals surface area contributed by atoms with Crippen molar-refractivity contribution in [1.82, 2.24) is 9.80 Å². The van der Waals surface area contributed by atoms with Gasteiger partial charge < -0.3 is 15.0 Å². The van der Waals surface area contributed by atoms with Gasteiger partial charge in [-0.2, -0.15) is 0 Å². The Kier molecular flexibility index (Phi) is 6.54. The zero-order valence-corrected chi connectivity index (χ0v) is 16.8.